The van der Waals surface area contributed by atoms with Crippen molar-refractivity contribution in [1.82, 2.24) is 0 Å². The first kappa shape index (κ1) is 6.92. The average Bonchev–Trinajstić information content (AvgIpc) is 2.15. The van der Waals surface area contributed by atoms with Gasteiger partial charge in [-0.25, -0.2) is 0 Å². The largest absolute Gasteiger partial charge is 0.772 e. The molecular formula is C5H5O2S2-. The first-order valence-corrected chi connectivity index (χ1v) is 4.54. The van der Waals surface area contributed by atoms with Gasteiger partial charge in [-0.15, -0.1) is 0 Å². The molecule has 0 radical (unpaired) electrons. The standard InChI is InChI=1S/C5H6O2S2/c6-9(7)4-5-1-2-8-3-5/h1-3H,4H2,(H,6,7)/p-1. The zero-order chi connectivity index (χ0) is 6.69. The van der Waals surface area contributed by atoms with Crippen LogP contribution in [0.15, 0.2) is 16.8 Å². The van der Waals surface area contributed by atoms with Crippen LogP contribution in [0.3, 0.4) is 0 Å². The Morgan fingerprint density at radius 3 is 3.00 bits per heavy atom. The Morgan fingerprint density at radius 2 is 2.56 bits per heavy atom. The van der Waals surface area contributed by atoms with E-state index in [2.05, 4.69) is 0 Å². The topological polar surface area (TPSA) is 40.1 Å². The van der Waals surface area contributed by atoms with Crippen LogP contribution in [0.5, 0.6) is 0 Å². The summed E-state index contributed by atoms with van der Waals surface area (Å²) in [7, 11) is 0. The summed E-state index contributed by atoms with van der Waals surface area (Å²) in [6, 6.07) is 1.81. The smallest absolute Gasteiger partial charge is 0.0361 e. The predicted molar refractivity (Wildman–Crippen MR) is 36.9 cm³/mol. The SMILES string of the molecule is O=S([O-])Cc1ccsc1. The lowest BCUT2D eigenvalue weighted by atomic mass is 10.4. The molecule has 0 fully saturated rings. The Hall–Kier alpha value is -0.190. The maximum absolute atomic E-state index is 10.1. The zero-order valence-electron chi connectivity index (χ0n) is 4.57. The fourth-order valence-electron chi connectivity index (χ4n) is 0.511. The van der Waals surface area contributed by atoms with Crippen LogP contribution in [0.25, 0.3) is 0 Å². The second-order valence-electron chi connectivity index (χ2n) is 1.58. The second kappa shape index (κ2) is 3.10. The molecule has 0 saturated carbocycles. The van der Waals surface area contributed by atoms with Crippen LogP contribution < -0.4 is 0 Å². The van der Waals surface area contributed by atoms with Crippen molar-refractivity contribution >= 4 is 22.4 Å². The van der Waals surface area contributed by atoms with E-state index in [4.69, 9.17) is 0 Å². The van der Waals surface area contributed by atoms with Gasteiger partial charge in [0.1, 0.15) is 0 Å². The first-order chi connectivity index (χ1) is 4.29. The quantitative estimate of drug-likeness (QED) is 0.610. The maximum atomic E-state index is 10.1. The fraction of sp³-hybridized carbons (Fsp3) is 0.200. The molecule has 0 saturated heterocycles. The van der Waals surface area contributed by atoms with E-state index in [1.807, 2.05) is 10.8 Å². The minimum atomic E-state index is -1.94. The molecule has 0 amide bonds. The maximum Gasteiger partial charge on any atom is 0.0361 e. The van der Waals surface area contributed by atoms with Crippen molar-refractivity contribution in [1.29, 1.82) is 0 Å². The number of rotatable bonds is 2. The molecular weight excluding hydrogens is 156 g/mol. The summed E-state index contributed by atoms with van der Waals surface area (Å²) in [4.78, 5) is 0. The number of thiophene rings is 1. The molecule has 0 bridgehead atoms. The molecule has 0 spiro atoms. The van der Waals surface area contributed by atoms with Crippen LogP contribution in [0.1, 0.15) is 5.56 Å². The molecule has 0 aliphatic rings. The monoisotopic (exact) mass is 161 g/mol. The third kappa shape index (κ3) is 2.26. The van der Waals surface area contributed by atoms with E-state index in [0.29, 0.717) is 0 Å². The van der Waals surface area contributed by atoms with Crippen LogP contribution in [0, 0.1) is 0 Å². The molecule has 1 atom stereocenters. The van der Waals surface area contributed by atoms with E-state index in [9.17, 15) is 8.76 Å². The summed E-state index contributed by atoms with van der Waals surface area (Å²) in [5.41, 5.74) is 0.869. The summed E-state index contributed by atoms with van der Waals surface area (Å²) in [6.45, 7) is 0. The van der Waals surface area contributed by atoms with E-state index >= 15 is 0 Å². The van der Waals surface area contributed by atoms with Gasteiger partial charge in [0.15, 0.2) is 0 Å². The molecule has 1 rings (SSSR count). The van der Waals surface area contributed by atoms with Crippen LogP contribution in [-0.2, 0) is 16.8 Å². The van der Waals surface area contributed by atoms with Gasteiger partial charge in [0, 0.05) is 5.75 Å². The molecule has 0 aliphatic heterocycles. The first-order valence-electron chi connectivity index (χ1n) is 2.36. The molecule has 0 N–H and O–H groups in total. The summed E-state index contributed by atoms with van der Waals surface area (Å²) >= 11 is -0.430. The van der Waals surface area contributed by atoms with Crippen LogP contribution in [-0.4, -0.2) is 8.76 Å². The van der Waals surface area contributed by atoms with E-state index < -0.39 is 11.1 Å². The number of hydrogen-bond donors (Lipinski definition) is 0. The van der Waals surface area contributed by atoms with Crippen LogP contribution in [0.4, 0.5) is 0 Å². The van der Waals surface area contributed by atoms with Crippen molar-refractivity contribution in [3.05, 3.63) is 22.4 Å². The Morgan fingerprint density at radius 1 is 1.78 bits per heavy atom. The third-order valence-electron chi connectivity index (χ3n) is 0.865. The van der Waals surface area contributed by atoms with Gasteiger partial charge in [0.2, 0.25) is 0 Å². The summed E-state index contributed by atoms with van der Waals surface area (Å²) < 4.78 is 20.1. The van der Waals surface area contributed by atoms with E-state index in [-0.39, 0.29) is 5.75 Å². The molecule has 1 unspecified atom stereocenters. The van der Waals surface area contributed by atoms with Gasteiger partial charge in [-0.05, 0) is 22.4 Å². The normalized spacial score (nSPS) is 13.4. The highest BCUT2D eigenvalue weighted by Crippen LogP contribution is 2.06. The van der Waals surface area contributed by atoms with Crippen molar-refractivity contribution < 1.29 is 8.76 Å². The average molecular weight is 161 g/mol. The molecule has 0 aromatic carbocycles. The van der Waals surface area contributed by atoms with Gasteiger partial charge in [0.25, 0.3) is 0 Å². The Labute approximate surface area is 59.8 Å². The molecule has 4 heteroatoms. The zero-order valence-corrected chi connectivity index (χ0v) is 6.21. The van der Waals surface area contributed by atoms with E-state index in [1.165, 1.54) is 11.3 Å². The molecule has 1 aromatic heterocycles. The van der Waals surface area contributed by atoms with Gasteiger partial charge in [-0.2, -0.15) is 11.3 Å². The van der Waals surface area contributed by atoms with Crippen LogP contribution in [0.2, 0.25) is 0 Å². The molecule has 2 nitrogen and oxygen atoms in total. The van der Waals surface area contributed by atoms with Crippen LogP contribution >= 0.6 is 11.3 Å². The minimum Gasteiger partial charge on any atom is -0.772 e. The fourth-order valence-corrected chi connectivity index (χ4v) is 1.74. The number of hydrogen-bond acceptors (Lipinski definition) is 3. The highest BCUT2D eigenvalue weighted by atomic mass is 32.2. The van der Waals surface area contributed by atoms with E-state index in [0.717, 1.165) is 5.56 Å². The molecule has 50 valence electrons. The third-order valence-corrected chi connectivity index (χ3v) is 2.17. The summed E-state index contributed by atoms with van der Waals surface area (Å²) in [5, 5.41) is 3.69. The van der Waals surface area contributed by atoms with Crippen molar-refractivity contribution in [2.45, 2.75) is 5.75 Å². The van der Waals surface area contributed by atoms with E-state index in [1.54, 1.807) is 6.07 Å². The minimum absolute atomic E-state index is 0.142. The van der Waals surface area contributed by atoms with Gasteiger partial charge in [0.05, 0.1) is 0 Å². The van der Waals surface area contributed by atoms with Crippen molar-refractivity contribution in [3.63, 3.8) is 0 Å². The van der Waals surface area contributed by atoms with Crippen molar-refractivity contribution in [3.8, 4) is 0 Å². The predicted octanol–water partition coefficient (Wildman–Crippen LogP) is 1.13. The Bertz CT molecular complexity index is 193. The highest BCUT2D eigenvalue weighted by molar-refractivity contribution is 7.78. The van der Waals surface area contributed by atoms with Crippen molar-refractivity contribution in [2.24, 2.45) is 0 Å². The lowest BCUT2D eigenvalue weighted by molar-refractivity contribution is 0.536. The molecule has 0 aliphatic carbocycles. The van der Waals surface area contributed by atoms with Gasteiger partial charge in [-0.1, -0.05) is 11.1 Å². The Kier molecular flexibility index (Phi) is 2.38. The lowest BCUT2D eigenvalue weighted by Gasteiger charge is -1.99. The summed E-state index contributed by atoms with van der Waals surface area (Å²) in [5.74, 6) is 0.142. The molecule has 1 aromatic rings. The van der Waals surface area contributed by atoms with Crippen molar-refractivity contribution in [2.75, 3.05) is 0 Å². The van der Waals surface area contributed by atoms with Gasteiger partial charge in [-0.3, -0.25) is 4.21 Å². The molecule has 9 heavy (non-hydrogen) atoms. The lowest BCUT2D eigenvalue weighted by Crippen LogP contribution is -1.89. The highest BCUT2D eigenvalue weighted by Gasteiger charge is 1.89. The van der Waals surface area contributed by atoms with Gasteiger partial charge >= 0.3 is 0 Å². The second-order valence-corrected chi connectivity index (χ2v) is 3.26. The summed E-state index contributed by atoms with van der Waals surface area (Å²) in [6.07, 6.45) is 0. The Balaban J connectivity index is 2.58. The molecule has 1 heterocycles. The van der Waals surface area contributed by atoms with Gasteiger partial charge < -0.3 is 4.55 Å².